The van der Waals surface area contributed by atoms with Crippen LogP contribution in [0.2, 0.25) is 0 Å². The van der Waals surface area contributed by atoms with Gasteiger partial charge < -0.3 is 25.0 Å². The van der Waals surface area contributed by atoms with E-state index in [1.54, 1.807) is 7.11 Å². The highest BCUT2D eigenvalue weighted by Crippen LogP contribution is 2.37. The van der Waals surface area contributed by atoms with Gasteiger partial charge in [0, 0.05) is 52.1 Å². The molecule has 160 valence electrons. The van der Waals surface area contributed by atoms with Crippen LogP contribution >= 0.6 is 0 Å². The van der Waals surface area contributed by atoms with Gasteiger partial charge in [-0.2, -0.15) is 0 Å². The maximum absolute atomic E-state index is 12.3. The van der Waals surface area contributed by atoms with Gasteiger partial charge in [0.2, 0.25) is 0 Å². The van der Waals surface area contributed by atoms with Crippen molar-refractivity contribution < 1.29 is 19.1 Å². The fourth-order valence-electron chi connectivity index (χ4n) is 4.22. The fourth-order valence-corrected chi connectivity index (χ4v) is 4.22. The number of methoxy groups -OCH3 is 1. The van der Waals surface area contributed by atoms with Crippen molar-refractivity contribution in [1.82, 2.24) is 15.5 Å². The molecule has 2 N–H and O–H groups in total. The van der Waals surface area contributed by atoms with E-state index < -0.39 is 0 Å². The van der Waals surface area contributed by atoms with Crippen LogP contribution in [0, 0.1) is 5.92 Å². The number of urea groups is 1. The van der Waals surface area contributed by atoms with Gasteiger partial charge in [-0.25, -0.2) is 4.79 Å². The number of nitrogens with one attached hydrogen (secondary N) is 2. The lowest BCUT2D eigenvalue weighted by Crippen LogP contribution is -2.53. The Morgan fingerprint density at radius 1 is 1.21 bits per heavy atom. The summed E-state index contributed by atoms with van der Waals surface area (Å²) >= 11 is 0. The highest BCUT2D eigenvalue weighted by atomic mass is 16.5. The number of piperidine rings is 1. The number of carbonyl (C=O) groups excluding carboxylic acids is 2. The zero-order chi connectivity index (χ0) is 20.5. The molecule has 3 rings (SSSR count). The number of likely N-dealkylation sites (tertiary alicyclic amines) is 1. The topological polar surface area (TPSA) is 79.9 Å². The molecule has 2 fully saturated rings. The van der Waals surface area contributed by atoms with Crippen LogP contribution in [0.5, 0.6) is 0 Å². The van der Waals surface area contributed by atoms with E-state index in [9.17, 15) is 9.59 Å². The highest BCUT2D eigenvalue weighted by Gasteiger charge is 2.41. The number of nitrogens with zero attached hydrogens (tertiary/aromatic N) is 1. The molecule has 0 aromatic heterocycles. The van der Waals surface area contributed by atoms with Crippen molar-refractivity contribution in [3.05, 3.63) is 35.9 Å². The fraction of sp³-hybridized carbons (Fsp3) is 0.636. The normalized spacial score (nSPS) is 21.0. The summed E-state index contributed by atoms with van der Waals surface area (Å²) in [6.07, 6.45) is 4.41. The first kappa shape index (κ1) is 21.6. The largest absolute Gasteiger partial charge is 0.385 e. The second-order valence-electron chi connectivity index (χ2n) is 8.03. The molecule has 2 saturated heterocycles. The van der Waals surface area contributed by atoms with Gasteiger partial charge in [-0.1, -0.05) is 18.2 Å². The minimum Gasteiger partial charge on any atom is -0.385 e. The maximum Gasteiger partial charge on any atom is 0.317 e. The third-order valence-corrected chi connectivity index (χ3v) is 5.95. The van der Waals surface area contributed by atoms with Crippen molar-refractivity contribution >= 4 is 11.9 Å². The van der Waals surface area contributed by atoms with E-state index in [0.29, 0.717) is 44.3 Å². The lowest BCUT2D eigenvalue weighted by atomic mass is 9.79. The predicted molar refractivity (Wildman–Crippen MR) is 111 cm³/mol. The molecule has 7 nitrogen and oxygen atoms in total. The Kier molecular flexibility index (Phi) is 7.89. The van der Waals surface area contributed by atoms with Gasteiger partial charge in [-0.15, -0.1) is 0 Å². The summed E-state index contributed by atoms with van der Waals surface area (Å²) in [5, 5.41) is 6.03. The number of hydrogen-bond donors (Lipinski definition) is 2. The molecule has 0 radical (unpaired) electrons. The number of amides is 3. The van der Waals surface area contributed by atoms with E-state index >= 15 is 0 Å². The van der Waals surface area contributed by atoms with Gasteiger partial charge in [0.05, 0.1) is 5.60 Å². The van der Waals surface area contributed by atoms with Crippen LogP contribution in [0.4, 0.5) is 4.79 Å². The Bertz CT molecular complexity index is 659. The maximum atomic E-state index is 12.3. The van der Waals surface area contributed by atoms with Gasteiger partial charge >= 0.3 is 6.03 Å². The molecule has 2 aliphatic rings. The third kappa shape index (κ3) is 6.18. The van der Waals surface area contributed by atoms with E-state index in [-0.39, 0.29) is 17.5 Å². The lowest BCUT2D eigenvalue weighted by molar-refractivity contribution is -0.122. The smallest absolute Gasteiger partial charge is 0.317 e. The second-order valence-corrected chi connectivity index (χ2v) is 8.03. The zero-order valence-corrected chi connectivity index (χ0v) is 17.3. The Hall–Kier alpha value is -2.12. The first-order valence-electron chi connectivity index (χ1n) is 10.6. The summed E-state index contributed by atoms with van der Waals surface area (Å²) in [4.78, 5) is 26.5. The summed E-state index contributed by atoms with van der Waals surface area (Å²) in [5.74, 6) is 0.386. The predicted octanol–water partition coefficient (Wildman–Crippen LogP) is 2.42. The molecular formula is C22H33N3O4. The third-order valence-electron chi connectivity index (χ3n) is 5.95. The van der Waals surface area contributed by atoms with Crippen molar-refractivity contribution in [2.45, 2.75) is 37.7 Å². The van der Waals surface area contributed by atoms with Crippen LogP contribution < -0.4 is 10.6 Å². The Labute approximate surface area is 173 Å². The molecule has 0 bridgehead atoms. The highest BCUT2D eigenvalue weighted by molar-refractivity contribution is 5.94. The number of rotatable bonds is 7. The van der Waals surface area contributed by atoms with Crippen molar-refractivity contribution in [2.24, 2.45) is 5.92 Å². The Balaban J connectivity index is 1.42. The number of ether oxygens (including phenoxy) is 2. The first-order chi connectivity index (χ1) is 14.1. The summed E-state index contributed by atoms with van der Waals surface area (Å²) in [6, 6.07) is 9.32. The second kappa shape index (κ2) is 10.6. The van der Waals surface area contributed by atoms with E-state index in [1.165, 1.54) is 0 Å². The quantitative estimate of drug-likeness (QED) is 0.686. The van der Waals surface area contributed by atoms with Crippen LogP contribution in [-0.4, -0.2) is 68.9 Å². The van der Waals surface area contributed by atoms with Crippen LogP contribution in [0.25, 0.3) is 0 Å². The molecule has 0 aliphatic carbocycles. The molecule has 2 heterocycles. The molecular weight excluding hydrogens is 370 g/mol. The van der Waals surface area contributed by atoms with Gasteiger partial charge in [0.15, 0.2) is 0 Å². The minimum absolute atomic E-state index is 0.00145. The Morgan fingerprint density at radius 3 is 2.69 bits per heavy atom. The monoisotopic (exact) mass is 403 g/mol. The molecule has 1 atom stereocenters. The SMILES string of the molecule is COCCCNC(=O)N1CCC2(CC1)CC(CNC(=O)c1ccccc1)CCO2. The van der Waals surface area contributed by atoms with Crippen LogP contribution in [-0.2, 0) is 9.47 Å². The summed E-state index contributed by atoms with van der Waals surface area (Å²) in [7, 11) is 1.66. The van der Waals surface area contributed by atoms with Crippen molar-refractivity contribution in [1.29, 1.82) is 0 Å². The van der Waals surface area contributed by atoms with Crippen LogP contribution in [0.15, 0.2) is 30.3 Å². The van der Waals surface area contributed by atoms with E-state index in [0.717, 1.165) is 38.7 Å². The first-order valence-corrected chi connectivity index (χ1v) is 10.6. The van der Waals surface area contributed by atoms with Gasteiger partial charge in [0.25, 0.3) is 5.91 Å². The van der Waals surface area contributed by atoms with E-state index in [4.69, 9.17) is 9.47 Å². The average Bonchev–Trinajstić information content (AvgIpc) is 2.76. The van der Waals surface area contributed by atoms with Gasteiger partial charge in [-0.3, -0.25) is 4.79 Å². The average molecular weight is 404 g/mol. The van der Waals surface area contributed by atoms with Gasteiger partial charge in [-0.05, 0) is 50.2 Å². The standard InChI is InChI=1S/C22H33N3O4/c1-28-14-5-11-23-21(27)25-12-9-22(10-13-25)16-18(8-15-29-22)17-24-20(26)19-6-3-2-4-7-19/h2-4,6-7,18H,5,8-17H2,1H3,(H,23,27)(H,24,26). The Morgan fingerprint density at radius 2 is 1.97 bits per heavy atom. The van der Waals surface area contributed by atoms with Crippen molar-refractivity contribution in [2.75, 3.05) is 46.5 Å². The lowest BCUT2D eigenvalue weighted by Gasteiger charge is -2.46. The molecule has 1 aromatic carbocycles. The molecule has 0 saturated carbocycles. The van der Waals surface area contributed by atoms with Gasteiger partial charge in [0.1, 0.15) is 0 Å². The molecule has 29 heavy (non-hydrogen) atoms. The number of carbonyl (C=O) groups is 2. The molecule has 1 spiro atoms. The van der Waals surface area contributed by atoms with Crippen molar-refractivity contribution in [3.8, 4) is 0 Å². The number of benzene rings is 1. The summed E-state index contributed by atoms with van der Waals surface area (Å²) in [6.45, 7) is 4.09. The van der Waals surface area contributed by atoms with Crippen molar-refractivity contribution in [3.63, 3.8) is 0 Å². The molecule has 2 aliphatic heterocycles. The summed E-state index contributed by atoms with van der Waals surface area (Å²) in [5.41, 5.74) is 0.534. The van der Waals surface area contributed by atoms with Crippen LogP contribution in [0.1, 0.15) is 42.5 Å². The molecule has 3 amide bonds. The molecule has 1 aromatic rings. The minimum atomic E-state index is -0.160. The molecule has 1 unspecified atom stereocenters. The molecule has 7 heteroatoms. The zero-order valence-electron chi connectivity index (χ0n) is 17.3. The van der Waals surface area contributed by atoms with Crippen LogP contribution in [0.3, 0.4) is 0 Å². The number of hydrogen-bond acceptors (Lipinski definition) is 4. The summed E-state index contributed by atoms with van der Waals surface area (Å²) < 4.78 is 11.2. The van der Waals surface area contributed by atoms with E-state index in [1.807, 2.05) is 35.2 Å². The van der Waals surface area contributed by atoms with E-state index in [2.05, 4.69) is 10.6 Å².